The van der Waals surface area contributed by atoms with Crippen molar-refractivity contribution in [2.45, 2.75) is 12.5 Å². The topological polar surface area (TPSA) is 84.5 Å². The second kappa shape index (κ2) is 6.53. The molecule has 1 atom stereocenters. The number of hydrogen-bond acceptors (Lipinski definition) is 4. The van der Waals surface area contributed by atoms with E-state index in [1.165, 1.54) is 7.05 Å². The van der Waals surface area contributed by atoms with Gasteiger partial charge in [0.05, 0.1) is 19.4 Å². The predicted octanol–water partition coefficient (Wildman–Crippen LogP) is 0.422. The van der Waals surface area contributed by atoms with Crippen molar-refractivity contribution in [2.75, 3.05) is 20.4 Å². The Morgan fingerprint density at radius 3 is 2.32 bits per heavy atom. The summed E-state index contributed by atoms with van der Waals surface area (Å²) in [5.74, 6) is 0.429. The maximum atomic E-state index is 11.4. The maximum absolute atomic E-state index is 11.4. The number of ether oxygens (including phenoxy) is 1. The fraction of sp³-hybridized carbons (Fsp3) is 0.417. The van der Waals surface area contributed by atoms with Crippen LogP contribution in [-0.4, -0.2) is 34.7 Å². The zero-order valence-electron chi connectivity index (χ0n) is 11.1. The van der Waals surface area contributed by atoms with Crippen LogP contribution < -0.4 is 14.8 Å². The first-order chi connectivity index (χ1) is 8.85. The highest BCUT2D eigenvalue weighted by Gasteiger charge is 2.19. The van der Waals surface area contributed by atoms with E-state index in [9.17, 15) is 13.2 Å². The van der Waals surface area contributed by atoms with Crippen LogP contribution in [0.3, 0.4) is 0 Å². The summed E-state index contributed by atoms with van der Waals surface area (Å²) in [5, 5.41) is 2.48. The summed E-state index contributed by atoms with van der Waals surface area (Å²) in [6.07, 6.45) is 1.10. The van der Waals surface area contributed by atoms with E-state index >= 15 is 0 Å². The van der Waals surface area contributed by atoms with Crippen LogP contribution in [0, 0.1) is 0 Å². The van der Waals surface area contributed by atoms with Gasteiger partial charge >= 0.3 is 0 Å². The Hall–Kier alpha value is -1.60. The van der Waals surface area contributed by atoms with E-state index in [0.29, 0.717) is 11.3 Å². The number of methoxy groups -OCH3 is 1. The van der Waals surface area contributed by atoms with Gasteiger partial charge in [0.15, 0.2) is 0 Å². The fourth-order valence-electron chi connectivity index (χ4n) is 1.61. The Balaban J connectivity index is 2.96. The van der Waals surface area contributed by atoms with Crippen LogP contribution in [0.4, 0.5) is 0 Å². The summed E-state index contributed by atoms with van der Waals surface area (Å²) in [6, 6.07) is 6.29. The Morgan fingerprint density at radius 1 is 1.32 bits per heavy atom. The molecule has 1 rings (SSSR count). The molecule has 1 unspecified atom stereocenters. The van der Waals surface area contributed by atoms with Gasteiger partial charge in [0, 0.05) is 13.5 Å². The van der Waals surface area contributed by atoms with E-state index in [-0.39, 0.29) is 12.3 Å². The maximum Gasteiger partial charge on any atom is 0.221 e. The standard InChI is InChI=1S/C12H18N2O4S/c1-13-12(15)8-11(14-19(3,16)17)9-4-6-10(18-2)7-5-9/h4-7,11,14H,8H2,1-3H3,(H,13,15). The molecule has 0 aliphatic carbocycles. The van der Waals surface area contributed by atoms with Gasteiger partial charge < -0.3 is 10.1 Å². The molecule has 0 radical (unpaired) electrons. The normalized spacial score (nSPS) is 12.8. The van der Waals surface area contributed by atoms with Crippen molar-refractivity contribution in [1.29, 1.82) is 0 Å². The lowest BCUT2D eigenvalue weighted by atomic mass is 10.0. The molecular weight excluding hydrogens is 268 g/mol. The summed E-state index contributed by atoms with van der Waals surface area (Å²) in [6.45, 7) is 0. The van der Waals surface area contributed by atoms with Crippen molar-refractivity contribution in [3.05, 3.63) is 29.8 Å². The van der Waals surface area contributed by atoms with Gasteiger partial charge in [-0.15, -0.1) is 0 Å². The van der Waals surface area contributed by atoms with Crippen LogP contribution in [0.2, 0.25) is 0 Å². The van der Waals surface area contributed by atoms with Crippen LogP contribution in [0.15, 0.2) is 24.3 Å². The molecule has 1 aromatic rings. The predicted molar refractivity (Wildman–Crippen MR) is 72.4 cm³/mol. The molecule has 1 aromatic carbocycles. The summed E-state index contributed by atoms with van der Waals surface area (Å²) in [5.41, 5.74) is 0.704. The molecule has 6 nitrogen and oxygen atoms in total. The average Bonchev–Trinajstić information content (AvgIpc) is 2.36. The number of sulfonamides is 1. The smallest absolute Gasteiger partial charge is 0.221 e. The molecule has 0 heterocycles. The van der Waals surface area contributed by atoms with Crippen LogP contribution in [0.25, 0.3) is 0 Å². The lowest BCUT2D eigenvalue weighted by Gasteiger charge is -2.17. The lowest BCUT2D eigenvalue weighted by molar-refractivity contribution is -0.121. The summed E-state index contributed by atoms with van der Waals surface area (Å²) in [7, 11) is -0.347. The molecule has 0 fully saturated rings. The highest BCUT2D eigenvalue weighted by molar-refractivity contribution is 7.88. The third-order valence-electron chi connectivity index (χ3n) is 2.54. The molecule has 0 aliphatic rings. The highest BCUT2D eigenvalue weighted by atomic mass is 32.2. The van der Waals surface area contributed by atoms with Gasteiger partial charge in [-0.3, -0.25) is 4.79 Å². The molecule has 0 aliphatic heterocycles. The molecule has 7 heteroatoms. The van der Waals surface area contributed by atoms with Crippen molar-refractivity contribution < 1.29 is 17.9 Å². The van der Waals surface area contributed by atoms with Gasteiger partial charge in [-0.25, -0.2) is 13.1 Å². The van der Waals surface area contributed by atoms with E-state index < -0.39 is 16.1 Å². The van der Waals surface area contributed by atoms with Crippen LogP contribution in [0.5, 0.6) is 5.75 Å². The lowest BCUT2D eigenvalue weighted by Crippen LogP contribution is -2.32. The van der Waals surface area contributed by atoms with E-state index in [2.05, 4.69) is 10.0 Å². The minimum absolute atomic E-state index is 0.0376. The first-order valence-corrected chi connectivity index (χ1v) is 7.56. The second-order valence-corrected chi connectivity index (χ2v) is 5.87. The van der Waals surface area contributed by atoms with E-state index in [1.54, 1.807) is 31.4 Å². The van der Waals surface area contributed by atoms with Gasteiger partial charge in [-0.05, 0) is 17.7 Å². The van der Waals surface area contributed by atoms with Gasteiger partial charge in [0.25, 0.3) is 0 Å². The van der Waals surface area contributed by atoms with Crippen molar-refractivity contribution in [3.63, 3.8) is 0 Å². The van der Waals surface area contributed by atoms with Gasteiger partial charge in [0.2, 0.25) is 15.9 Å². The van der Waals surface area contributed by atoms with Gasteiger partial charge in [0.1, 0.15) is 5.75 Å². The van der Waals surface area contributed by atoms with Gasteiger partial charge in [-0.1, -0.05) is 12.1 Å². The number of rotatable bonds is 6. The van der Waals surface area contributed by atoms with Crippen LogP contribution in [0.1, 0.15) is 18.0 Å². The summed E-state index contributed by atoms with van der Waals surface area (Å²) >= 11 is 0. The molecule has 2 N–H and O–H groups in total. The Morgan fingerprint density at radius 2 is 1.89 bits per heavy atom. The van der Waals surface area contributed by atoms with Crippen molar-refractivity contribution in [3.8, 4) is 5.75 Å². The van der Waals surface area contributed by atoms with Crippen LogP contribution in [-0.2, 0) is 14.8 Å². The zero-order valence-corrected chi connectivity index (χ0v) is 12.0. The summed E-state index contributed by atoms with van der Waals surface area (Å²) in [4.78, 5) is 11.4. The third kappa shape index (κ3) is 5.27. The molecule has 0 spiro atoms. The van der Waals surface area contributed by atoms with Crippen molar-refractivity contribution in [2.24, 2.45) is 0 Å². The number of hydrogen-bond donors (Lipinski definition) is 2. The van der Waals surface area contributed by atoms with Gasteiger partial charge in [-0.2, -0.15) is 0 Å². The molecule has 1 amide bonds. The highest BCUT2D eigenvalue weighted by Crippen LogP contribution is 2.20. The van der Waals surface area contributed by atoms with E-state index in [0.717, 1.165) is 6.26 Å². The minimum Gasteiger partial charge on any atom is -0.497 e. The number of carbonyl (C=O) groups is 1. The second-order valence-electron chi connectivity index (χ2n) is 4.09. The van der Waals surface area contributed by atoms with Crippen molar-refractivity contribution in [1.82, 2.24) is 10.0 Å². The molecule has 19 heavy (non-hydrogen) atoms. The van der Waals surface area contributed by atoms with E-state index in [1.807, 2.05) is 0 Å². The Labute approximate surface area is 113 Å². The zero-order chi connectivity index (χ0) is 14.5. The van der Waals surface area contributed by atoms with E-state index in [4.69, 9.17) is 4.74 Å². The van der Waals surface area contributed by atoms with Crippen LogP contribution >= 0.6 is 0 Å². The molecule has 0 saturated heterocycles. The number of nitrogens with one attached hydrogen (secondary N) is 2. The number of benzene rings is 1. The molecular formula is C12H18N2O4S. The SMILES string of the molecule is CNC(=O)CC(NS(C)(=O)=O)c1ccc(OC)cc1. The molecule has 106 valence electrons. The largest absolute Gasteiger partial charge is 0.497 e. The molecule has 0 aromatic heterocycles. The van der Waals surface area contributed by atoms with Crippen molar-refractivity contribution >= 4 is 15.9 Å². The summed E-state index contributed by atoms with van der Waals surface area (Å²) < 4.78 is 30.2. The fourth-order valence-corrected chi connectivity index (χ4v) is 2.35. The number of carbonyl (C=O) groups excluding carboxylic acids is 1. The third-order valence-corrected chi connectivity index (χ3v) is 3.26. The Kier molecular flexibility index (Phi) is 5.31. The Bertz CT molecular complexity index is 525. The quantitative estimate of drug-likeness (QED) is 0.794. The first kappa shape index (κ1) is 15.5. The number of amides is 1. The average molecular weight is 286 g/mol. The monoisotopic (exact) mass is 286 g/mol. The molecule has 0 bridgehead atoms. The first-order valence-electron chi connectivity index (χ1n) is 5.67. The minimum atomic E-state index is -3.40. The molecule has 0 saturated carbocycles.